The number of nitrogens with zero attached hydrogens (tertiary/aromatic N) is 4. The van der Waals surface area contributed by atoms with Crippen LogP contribution in [0.15, 0.2) is 12.4 Å². The fraction of sp³-hybridized carbons (Fsp3) is 0.778. The van der Waals surface area contributed by atoms with E-state index in [4.69, 9.17) is 0 Å². The van der Waals surface area contributed by atoms with Crippen molar-refractivity contribution in [2.24, 2.45) is 0 Å². The molecule has 0 unspecified atom stereocenters. The first-order valence-corrected chi connectivity index (χ1v) is 9.29. The first-order valence-electron chi connectivity index (χ1n) is 9.29. The van der Waals surface area contributed by atoms with Gasteiger partial charge in [-0.1, -0.05) is 13.8 Å². The van der Waals surface area contributed by atoms with E-state index in [9.17, 15) is 4.79 Å². The van der Waals surface area contributed by atoms with Gasteiger partial charge in [0.15, 0.2) is 0 Å². The van der Waals surface area contributed by atoms with Crippen LogP contribution in [0.2, 0.25) is 0 Å². The van der Waals surface area contributed by atoms with Crippen molar-refractivity contribution in [2.75, 3.05) is 26.2 Å². The maximum Gasteiger partial charge on any atom is 0.239 e. The predicted octanol–water partition coefficient (Wildman–Crippen LogP) is 2.48. The Hall–Kier alpha value is -1.36. The van der Waals surface area contributed by atoms with Crippen LogP contribution < -0.4 is 0 Å². The molecule has 1 aromatic heterocycles. The number of likely N-dealkylation sites (tertiary alicyclic amines) is 2. The van der Waals surface area contributed by atoms with Gasteiger partial charge in [-0.2, -0.15) is 0 Å². The predicted molar refractivity (Wildman–Crippen MR) is 91.3 cm³/mol. The van der Waals surface area contributed by atoms with Crippen LogP contribution in [0.1, 0.15) is 57.8 Å². The maximum absolute atomic E-state index is 13.0. The maximum atomic E-state index is 13.0. The van der Waals surface area contributed by atoms with E-state index in [-0.39, 0.29) is 6.04 Å². The number of piperidine rings is 1. The molecule has 3 heterocycles. The van der Waals surface area contributed by atoms with Gasteiger partial charge in [0.2, 0.25) is 5.91 Å². The minimum atomic E-state index is 0.127. The summed E-state index contributed by atoms with van der Waals surface area (Å²) in [4.78, 5) is 22.0. The molecule has 5 nitrogen and oxygen atoms in total. The van der Waals surface area contributed by atoms with Crippen LogP contribution in [-0.2, 0) is 11.2 Å². The lowest BCUT2D eigenvalue weighted by molar-refractivity contribution is -0.137. The Kier molecular flexibility index (Phi) is 5.36. The highest BCUT2D eigenvalue weighted by molar-refractivity contribution is 5.82. The molecule has 2 aliphatic rings. The van der Waals surface area contributed by atoms with E-state index in [1.54, 1.807) is 0 Å². The Balaban J connectivity index is 1.67. The first-order chi connectivity index (χ1) is 11.2. The average Bonchev–Trinajstić information content (AvgIpc) is 3.23. The number of hydrogen-bond acceptors (Lipinski definition) is 3. The molecular weight excluding hydrogens is 288 g/mol. The van der Waals surface area contributed by atoms with Crippen LogP contribution >= 0.6 is 0 Å². The quantitative estimate of drug-likeness (QED) is 0.837. The molecule has 1 amide bonds. The second-order valence-electron chi connectivity index (χ2n) is 6.88. The van der Waals surface area contributed by atoms with Crippen LogP contribution in [0.4, 0.5) is 0 Å². The molecule has 2 saturated heterocycles. The molecule has 0 N–H and O–H groups in total. The molecular formula is C18H30N4O. The minimum Gasteiger partial charge on any atom is -0.339 e. The van der Waals surface area contributed by atoms with E-state index in [0.29, 0.717) is 11.9 Å². The highest BCUT2D eigenvalue weighted by Gasteiger charge is 2.35. The molecule has 0 saturated carbocycles. The molecule has 1 aromatic rings. The molecule has 0 aliphatic carbocycles. The Bertz CT molecular complexity index is 527. The Morgan fingerprint density at radius 2 is 2.09 bits per heavy atom. The van der Waals surface area contributed by atoms with E-state index < -0.39 is 0 Å². The molecule has 0 radical (unpaired) electrons. The van der Waals surface area contributed by atoms with Crippen molar-refractivity contribution in [1.29, 1.82) is 0 Å². The third-order valence-corrected chi connectivity index (χ3v) is 5.33. The number of rotatable bonds is 5. The summed E-state index contributed by atoms with van der Waals surface area (Å²) in [6.45, 7) is 8.24. The third-order valence-electron chi connectivity index (χ3n) is 5.33. The molecule has 2 fully saturated rings. The second kappa shape index (κ2) is 7.47. The number of aromatic nitrogens is 2. The van der Waals surface area contributed by atoms with Crippen molar-refractivity contribution in [3.63, 3.8) is 0 Å². The topological polar surface area (TPSA) is 41.4 Å². The summed E-state index contributed by atoms with van der Waals surface area (Å²) in [7, 11) is 0. The number of imidazole rings is 1. The van der Waals surface area contributed by atoms with Gasteiger partial charge in [-0.3, -0.25) is 9.69 Å². The van der Waals surface area contributed by atoms with Crippen LogP contribution in [0.3, 0.4) is 0 Å². The minimum absolute atomic E-state index is 0.127. The summed E-state index contributed by atoms with van der Waals surface area (Å²) in [6, 6.07) is 0.522. The van der Waals surface area contributed by atoms with E-state index in [1.165, 1.54) is 0 Å². The largest absolute Gasteiger partial charge is 0.339 e. The number of carbonyl (C=O) groups excluding carboxylic acids is 1. The monoisotopic (exact) mass is 318 g/mol. The van der Waals surface area contributed by atoms with E-state index in [1.807, 2.05) is 6.20 Å². The lowest BCUT2D eigenvalue weighted by atomic mass is 10.0. The Morgan fingerprint density at radius 1 is 1.26 bits per heavy atom. The van der Waals surface area contributed by atoms with Crippen LogP contribution in [-0.4, -0.2) is 57.5 Å². The van der Waals surface area contributed by atoms with Gasteiger partial charge in [-0.25, -0.2) is 4.98 Å². The van der Waals surface area contributed by atoms with Crippen molar-refractivity contribution < 1.29 is 4.79 Å². The molecule has 2 atom stereocenters. The SMILES string of the molecule is CCCN1CCC[C@@H]1C(=O)N1CCC[C@@H](n2ccnc2CC)C1. The fourth-order valence-corrected chi connectivity index (χ4v) is 4.20. The summed E-state index contributed by atoms with van der Waals surface area (Å²) in [5, 5.41) is 0. The zero-order valence-corrected chi connectivity index (χ0v) is 14.6. The van der Waals surface area contributed by atoms with Gasteiger partial charge >= 0.3 is 0 Å². The van der Waals surface area contributed by atoms with Crippen molar-refractivity contribution in [1.82, 2.24) is 19.4 Å². The molecule has 0 aromatic carbocycles. The highest BCUT2D eigenvalue weighted by atomic mass is 16.2. The molecule has 128 valence electrons. The molecule has 2 aliphatic heterocycles. The van der Waals surface area contributed by atoms with E-state index in [2.05, 4.69) is 39.4 Å². The van der Waals surface area contributed by atoms with Gasteiger partial charge in [0.1, 0.15) is 5.82 Å². The first kappa shape index (κ1) is 16.5. The van der Waals surface area contributed by atoms with Gasteiger partial charge in [0.25, 0.3) is 0 Å². The third kappa shape index (κ3) is 3.44. The summed E-state index contributed by atoms with van der Waals surface area (Å²) < 4.78 is 2.29. The molecule has 0 bridgehead atoms. The zero-order valence-electron chi connectivity index (χ0n) is 14.6. The van der Waals surface area contributed by atoms with Crippen molar-refractivity contribution in [3.05, 3.63) is 18.2 Å². The van der Waals surface area contributed by atoms with E-state index >= 15 is 0 Å². The lowest BCUT2D eigenvalue weighted by Gasteiger charge is -2.37. The molecule has 23 heavy (non-hydrogen) atoms. The normalized spacial score (nSPS) is 25.9. The Labute approximate surface area is 139 Å². The van der Waals surface area contributed by atoms with Gasteiger partial charge < -0.3 is 9.47 Å². The van der Waals surface area contributed by atoms with Crippen molar-refractivity contribution in [3.8, 4) is 0 Å². The Morgan fingerprint density at radius 3 is 2.87 bits per heavy atom. The summed E-state index contributed by atoms with van der Waals surface area (Å²) in [5.41, 5.74) is 0. The van der Waals surface area contributed by atoms with Crippen LogP contribution in [0, 0.1) is 0 Å². The zero-order chi connectivity index (χ0) is 16.2. The fourth-order valence-electron chi connectivity index (χ4n) is 4.20. The smallest absolute Gasteiger partial charge is 0.239 e. The van der Waals surface area contributed by atoms with Crippen LogP contribution in [0.5, 0.6) is 0 Å². The second-order valence-corrected chi connectivity index (χ2v) is 6.88. The van der Waals surface area contributed by atoms with Gasteiger partial charge in [-0.05, 0) is 45.2 Å². The summed E-state index contributed by atoms with van der Waals surface area (Å²) in [5.74, 6) is 1.50. The summed E-state index contributed by atoms with van der Waals surface area (Å²) >= 11 is 0. The van der Waals surface area contributed by atoms with Crippen LogP contribution in [0.25, 0.3) is 0 Å². The number of hydrogen-bond donors (Lipinski definition) is 0. The standard InChI is InChI=1S/C18H30N4O/c1-3-10-20-11-6-8-16(20)18(23)21-12-5-7-15(14-21)22-13-9-19-17(22)4-2/h9,13,15-16H,3-8,10-12,14H2,1-2H3/t15-,16-/m1/s1. The average molecular weight is 318 g/mol. The molecule has 3 rings (SSSR count). The van der Waals surface area contributed by atoms with Gasteiger partial charge in [0.05, 0.1) is 12.1 Å². The van der Waals surface area contributed by atoms with E-state index in [0.717, 1.165) is 70.5 Å². The molecule has 0 spiro atoms. The van der Waals surface area contributed by atoms with Gasteiger partial charge in [0, 0.05) is 31.9 Å². The lowest BCUT2D eigenvalue weighted by Crippen LogP contribution is -2.49. The number of carbonyl (C=O) groups is 1. The van der Waals surface area contributed by atoms with Crippen molar-refractivity contribution in [2.45, 2.75) is 64.5 Å². The summed E-state index contributed by atoms with van der Waals surface area (Å²) in [6.07, 6.45) is 10.5. The van der Waals surface area contributed by atoms with Crippen molar-refractivity contribution >= 4 is 5.91 Å². The molecule has 5 heteroatoms. The van der Waals surface area contributed by atoms with Gasteiger partial charge in [-0.15, -0.1) is 0 Å². The number of aryl methyl sites for hydroxylation is 1. The highest BCUT2D eigenvalue weighted by Crippen LogP contribution is 2.26. The number of amides is 1.